The van der Waals surface area contributed by atoms with Crippen molar-refractivity contribution in [2.24, 2.45) is 0 Å². The van der Waals surface area contributed by atoms with Crippen LogP contribution < -0.4 is 11.1 Å². The molecule has 0 radical (unpaired) electrons. The first-order valence-electron chi connectivity index (χ1n) is 4.68. The molecule has 0 atom stereocenters. The molecule has 5 heteroatoms. The number of benzene rings is 1. The molecule has 0 unspecified atom stereocenters. The van der Waals surface area contributed by atoms with Crippen LogP contribution >= 0.6 is 11.6 Å². The van der Waals surface area contributed by atoms with Gasteiger partial charge in [-0.05, 0) is 24.1 Å². The maximum absolute atomic E-state index is 10.9. The van der Waals surface area contributed by atoms with Crippen molar-refractivity contribution in [1.29, 1.82) is 0 Å². The van der Waals surface area contributed by atoms with Gasteiger partial charge in [-0.1, -0.05) is 6.07 Å². The molecule has 0 spiro atoms. The largest absolute Gasteiger partial charge is 0.417 e. The first-order valence-corrected chi connectivity index (χ1v) is 5.21. The van der Waals surface area contributed by atoms with Crippen LogP contribution in [-0.2, 0) is 6.42 Å². The van der Waals surface area contributed by atoms with Crippen molar-refractivity contribution < 1.29 is 4.42 Å². The van der Waals surface area contributed by atoms with Crippen molar-refractivity contribution in [3.63, 3.8) is 0 Å². The lowest BCUT2D eigenvalue weighted by molar-refractivity contribution is 0.555. The highest BCUT2D eigenvalue weighted by Gasteiger charge is 2.01. The van der Waals surface area contributed by atoms with E-state index in [0.29, 0.717) is 11.6 Å². The summed E-state index contributed by atoms with van der Waals surface area (Å²) in [5, 5.41) is 3.02. The summed E-state index contributed by atoms with van der Waals surface area (Å²) in [4.78, 5) is 13.5. The van der Waals surface area contributed by atoms with Gasteiger partial charge in [-0.15, -0.1) is 11.6 Å². The van der Waals surface area contributed by atoms with Gasteiger partial charge < -0.3 is 9.73 Å². The molecule has 2 aromatic rings. The average Bonchev–Trinajstić information content (AvgIpc) is 2.57. The van der Waals surface area contributed by atoms with Crippen LogP contribution in [0.25, 0.3) is 11.1 Å². The summed E-state index contributed by atoms with van der Waals surface area (Å²) in [6.07, 6.45) is 0.871. The molecule has 1 aromatic heterocycles. The second-order valence-electron chi connectivity index (χ2n) is 3.23. The Kier molecular flexibility index (Phi) is 3.08. The SMILES string of the molecule is O=c1[nH]c2cc(CCNCCl)ccc2o1. The van der Waals surface area contributed by atoms with E-state index in [2.05, 4.69) is 10.3 Å². The summed E-state index contributed by atoms with van der Waals surface area (Å²) in [5.41, 5.74) is 2.47. The first-order chi connectivity index (χ1) is 7.29. The Balaban J connectivity index is 2.19. The fourth-order valence-corrected chi connectivity index (χ4v) is 1.59. The van der Waals surface area contributed by atoms with Crippen LogP contribution in [0.3, 0.4) is 0 Å². The van der Waals surface area contributed by atoms with Crippen LogP contribution in [0.5, 0.6) is 0 Å². The zero-order chi connectivity index (χ0) is 10.7. The van der Waals surface area contributed by atoms with E-state index >= 15 is 0 Å². The molecule has 0 aliphatic rings. The average molecular weight is 227 g/mol. The van der Waals surface area contributed by atoms with Crippen molar-refractivity contribution in [3.8, 4) is 0 Å². The highest BCUT2D eigenvalue weighted by Crippen LogP contribution is 2.12. The summed E-state index contributed by atoms with van der Waals surface area (Å²) in [6, 6.07) is 6.10. The lowest BCUT2D eigenvalue weighted by atomic mass is 10.1. The van der Waals surface area contributed by atoms with E-state index in [4.69, 9.17) is 16.0 Å². The van der Waals surface area contributed by atoms with Gasteiger partial charge in [0.2, 0.25) is 0 Å². The predicted octanol–water partition coefficient (Wildman–Crippen LogP) is 1.45. The number of aromatic amines is 1. The van der Waals surface area contributed by atoms with Gasteiger partial charge in [0.1, 0.15) is 0 Å². The molecule has 0 amide bonds. The van der Waals surface area contributed by atoms with Gasteiger partial charge >= 0.3 is 5.76 Å². The van der Waals surface area contributed by atoms with E-state index in [9.17, 15) is 4.79 Å². The molecule has 0 fully saturated rings. The zero-order valence-corrected chi connectivity index (χ0v) is 8.80. The van der Waals surface area contributed by atoms with Crippen molar-refractivity contribution in [3.05, 3.63) is 34.3 Å². The van der Waals surface area contributed by atoms with E-state index in [0.717, 1.165) is 24.0 Å². The van der Waals surface area contributed by atoms with Crippen LogP contribution in [0.4, 0.5) is 0 Å². The van der Waals surface area contributed by atoms with Gasteiger partial charge in [0, 0.05) is 6.54 Å². The minimum Gasteiger partial charge on any atom is -0.408 e. The fraction of sp³-hybridized carbons (Fsp3) is 0.300. The molecule has 0 saturated carbocycles. The number of aromatic nitrogens is 1. The Morgan fingerprint density at radius 1 is 1.47 bits per heavy atom. The van der Waals surface area contributed by atoms with Gasteiger partial charge in [-0.2, -0.15) is 0 Å². The van der Waals surface area contributed by atoms with Crippen molar-refractivity contribution in [2.75, 3.05) is 12.5 Å². The Hall–Kier alpha value is -1.26. The second kappa shape index (κ2) is 4.51. The van der Waals surface area contributed by atoms with Gasteiger partial charge in [0.25, 0.3) is 0 Å². The number of halogens is 1. The van der Waals surface area contributed by atoms with E-state index in [1.165, 1.54) is 0 Å². The van der Waals surface area contributed by atoms with Crippen LogP contribution in [0, 0.1) is 0 Å². The first kappa shape index (κ1) is 10.3. The molecule has 2 N–H and O–H groups in total. The molecule has 15 heavy (non-hydrogen) atoms. The quantitative estimate of drug-likeness (QED) is 0.471. The summed E-state index contributed by atoms with van der Waals surface area (Å²) in [7, 11) is 0. The van der Waals surface area contributed by atoms with Crippen LogP contribution in [-0.4, -0.2) is 17.5 Å². The number of fused-ring (bicyclic) bond motifs is 1. The van der Waals surface area contributed by atoms with E-state index in [-0.39, 0.29) is 0 Å². The number of oxazole rings is 1. The number of nitrogens with one attached hydrogen (secondary N) is 2. The third kappa shape index (κ3) is 2.40. The number of alkyl halides is 1. The van der Waals surface area contributed by atoms with Crippen LogP contribution in [0.15, 0.2) is 27.4 Å². The van der Waals surface area contributed by atoms with Crippen LogP contribution in [0.1, 0.15) is 5.56 Å². The molecule has 2 rings (SSSR count). The maximum Gasteiger partial charge on any atom is 0.417 e. The lowest BCUT2D eigenvalue weighted by Crippen LogP contribution is -2.14. The topological polar surface area (TPSA) is 58.0 Å². The molecule has 0 aliphatic heterocycles. The number of H-pyrrole nitrogens is 1. The molecule has 1 aromatic carbocycles. The van der Waals surface area contributed by atoms with Crippen molar-refractivity contribution in [1.82, 2.24) is 10.3 Å². The molecule has 1 heterocycles. The van der Waals surface area contributed by atoms with Crippen LogP contribution in [0.2, 0.25) is 0 Å². The molecule has 0 bridgehead atoms. The number of rotatable bonds is 4. The minimum absolute atomic E-state index is 0.416. The Labute approximate surface area is 91.2 Å². The van der Waals surface area contributed by atoms with Gasteiger partial charge in [0.15, 0.2) is 5.58 Å². The summed E-state index contributed by atoms with van der Waals surface area (Å²) < 4.78 is 4.90. The Morgan fingerprint density at radius 2 is 2.33 bits per heavy atom. The van der Waals surface area contributed by atoms with Gasteiger partial charge in [-0.25, -0.2) is 4.79 Å². The molecular formula is C10H11ClN2O2. The Bertz CT molecular complexity index is 503. The normalized spacial score (nSPS) is 11.0. The summed E-state index contributed by atoms with van der Waals surface area (Å²) in [5.74, 6) is -0.416. The zero-order valence-electron chi connectivity index (χ0n) is 8.05. The van der Waals surface area contributed by atoms with Gasteiger partial charge in [-0.3, -0.25) is 4.98 Å². The smallest absolute Gasteiger partial charge is 0.408 e. The molecule has 80 valence electrons. The number of hydrogen-bond donors (Lipinski definition) is 2. The lowest BCUT2D eigenvalue weighted by Gasteiger charge is -2.00. The van der Waals surface area contributed by atoms with E-state index < -0.39 is 5.76 Å². The monoisotopic (exact) mass is 226 g/mol. The number of hydrogen-bond acceptors (Lipinski definition) is 3. The predicted molar refractivity (Wildman–Crippen MR) is 59.3 cm³/mol. The second-order valence-corrected chi connectivity index (χ2v) is 3.50. The molecule has 0 aliphatic carbocycles. The highest BCUT2D eigenvalue weighted by molar-refractivity contribution is 6.17. The standard InChI is InChI=1S/C10H11ClN2O2/c11-6-12-4-3-7-1-2-9-8(5-7)13-10(14)15-9/h1-2,5,12H,3-4,6H2,(H,13,14). The highest BCUT2D eigenvalue weighted by atomic mass is 35.5. The minimum atomic E-state index is -0.416. The third-order valence-corrected chi connectivity index (χ3v) is 2.36. The summed E-state index contributed by atoms with van der Waals surface area (Å²) >= 11 is 5.49. The molecular weight excluding hydrogens is 216 g/mol. The summed E-state index contributed by atoms with van der Waals surface area (Å²) in [6.45, 7) is 0.817. The van der Waals surface area contributed by atoms with Crippen molar-refractivity contribution >= 4 is 22.7 Å². The van der Waals surface area contributed by atoms with E-state index in [1.807, 2.05) is 12.1 Å². The third-order valence-electron chi connectivity index (χ3n) is 2.17. The fourth-order valence-electron chi connectivity index (χ4n) is 1.45. The Morgan fingerprint density at radius 3 is 3.13 bits per heavy atom. The maximum atomic E-state index is 10.9. The molecule has 4 nitrogen and oxygen atoms in total. The molecule has 0 saturated heterocycles. The van der Waals surface area contributed by atoms with E-state index in [1.54, 1.807) is 6.07 Å². The van der Waals surface area contributed by atoms with Gasteiger partial charge in [0.05, 0.1) is 11.5 Å². The van der Waals surface area contributed by atoms with Crippen molar-refractivity contribution in [2.45, 2.75) is 6.42 Å².